The van der Waals surface area contributed by atoms with E-state index in [1.807, 2.05) is 39.0 Å². The average Bonchev–Trinajstić information content (AvgIpc) is 2.57. The van der Waals surface area contributed by atoms with E-state index >= 15 is 0 Å². The van der Waals surface area contributed by atoms with Crippen molar-refractivity contribution in [2.24, 2.45) is 23.2 Å². The Bertz CT molecular complexity index is 733. The van der Waals surface area contributed by atoms with Crippen LogP contribution in [0.3, 0.4) is 0 Å². The lowest BCUT2D eigenvalue weighted by molar-refractivity contribution is -0.152. The van der Waals surface area contributed by atoms with Crippen molar-refractivity contribution in [2.45, 2.75) is 64.8 Å². The quantitative estimate of drug-likeness (QED) is 0.672. The number of halogens is 1. The highest BCUT2D eigenvalue weighted by atomic mass is 79.9. The number of amides is 2. The summed E-state index contributed by atoms with van der Waals surface area (Å²) in [7, 11) is 0. The summed E-state index contributed by atoms with van der Waals surface area (Å²) < 4.78 is 0.744. The molecule has 0 saturated heterocycles. The van der Waals surface area contributed by atoms with Crippen LogP contribution in [0.2, 0.25) is 0 Å². The molecule has 0 heterocycles. The topological polar surface area (TPSA) is 49.4 Å². The third-order valence-electron chi connectivity index (χ3n) is 6.71. The second-order valence-corrected chi connectivity index (χ2v) is 10.8. The van der Waals surface area contributed by atoms with Crippen molar-refractivity contribution < 1.29 is 9.59 Å². The Morgan fingerprint density at radius 2 is 1.56 bits per heavy atom. The molecule has 4 nitrogen and oxygen atoms in total. The number of hydrogen-bond acceptors (Lipinski definition) is 2. The van der Waals surface area contributed by atoms with Crippen molar-refractivity contribution >= 4 is 27.7 Å². The van der Waals surface area contributed by atoms with Crippen molar-refractivity contribution in [3.63, 3.8) is 0 Å². The van der Waals surface area contributed by atoms with Gasteiger partial charge < -0.3 is 0 Å². The Morgan fingerprint density at radius 1 is 1.04 bits per heavy atom. The molecule has 1 N–H and O–H groups in total. The van der Waals surface area contributed by atoms with E-state index in [9.17, 15) is 9.59 Å². The summed E-state index contributed by atoms with van der Waals surface area (Å²) in [6.07, 6.45) is 6.87. The molecule has 4 fully saturated rings. The monoisotopic (exact) mass is 432 g/mol. The van der Waals surface area contributed by atoms with E-state index in [-0.39, 0.29) is 17.2 Å². The van der Waals surface area contributed by atoms with Gasteiger partial charge in [0.05, 0.1) is 16.5 Å². The second kappa shape index (κ2) is 6.61. The van der Waals surface area contributed by atoms with Gasteiger partial charge in [-0.3, -0.25) is 15.0 Å². The molecule has 4 bridgehead atoms. The molecule has 0 spiro atoms. The molecule has 2 amide bonds. The molecule has 0 atom stereocenters. The summed E-state index contributed by atoms with van der Waals surface area (Å²) in [6, 6.07) is 7.38. The zero-order valence-electron chi connectivity index (χ0n) is 16.4. The first-order valence-corrected chi connectivity index (χ1v) is 10.9. The van der Waals surface area contributed by atoms with E-state index in [4.69, 9.17) is 0 Å². The normalized spacial score (nSPS) is 31.6. The van der Waals surface area contributed by atoms with Gasteiger partial charge in [-0.1, -0.05) is 12.1 Å². The Hall–Kier alpha value is -1.36. The molecule has 146 valence electrons. The molecule has 0 aromatic heterocycles. The molecular weight excluding hydrogens is 404 g/mol. The predicted molar refractivity (Wildman–Crippen MR) is 109 cm³/mol. The second-order valence-electron chi connectivity index (χ2n) is 9.93. The first-order valence-electron chi connectivity index (χ1n) is 10.1. The summed E-state index contributed by atoms with van der Waals surface area (Å²) in [5.41, 5.74) is 2.85. The van der Waals surface area contributed by atoms with Crippen LogP contribution in [0, 0.1) is 23.2 Å². The van der Waals surface area contributed by atoms with Crippen LogP contribution in [0.1, 0.15) is 69.7 Å². The van der Waals surface area contributed by atoms with Crippen LogP contribution in [0.5, 0.6) is 0 Å². The van der Waals surface area contributed by atoms with Gasteiger partial charge in [0.15, 0.2) is 0 Å². The minimum absolute atomic E-state index is 0.0527. The fourth-order valence-electron chi connectivity index (χ4n) is 5.89. The maximum atomic E-state index is 13.5. The van der Waals surface area contributed by atoms with Gasteiger partial charge in [0.1, 0.15) is 0 Å². The van der Waals surface area contributed by atoms with Gasteiger partial charge in [0.2, 0.25) is 5.91 Å². The van der Waals surface area contributed by atoms with Crippen molar-refractivity contribution in [1.29, 1.82) is 0 Å². The van der Waals surface area contributed by atoms with Crippen LogP contribution < -0.4 is 5.43 Å². The highest BCUT2D eigenvalue weighted by molar-refractivity contribution is 9.10. The summed E-state index contributed by atoms with van der Waals surface area (Å²) in [4.78, 5) is 26.7. The van der Waals surface area contributed by atoms with Crippen molar-refractivity contribution in [3.05, 3.63) is 34.3 Å². The zero-order chi connectivity index (χ0) is 19.4. The fourth-order valence-corrected chi connectivity index (χ4v) is 6.34. The van der Waals surface area contributed by atoms with Crippen molar-refractivity contribution in [3.8, 4) is 0 Å². The van der Waals surface area contributed by atoms with Crippen molar-refractivity contribution in [1.82, 2.24) is 10.4 Å². The molecule has 5 heteroatoms. The Morgan fingerprint density at radius 3 is 2.04 bits per heavy atom. The highest BCUT2D eigenvalue weighted by Crippen LogP contribution is 2.60. The predicted octanol–water partition coefficient (Wildman–Crippen LogP) is 4.94. The van der Waals surface area contributed by atoms with Crippen LogP contribution in [0.4, 0.5) is 0 Å². The van der Waals surface area contributed by atoms with Gasteiger partial charge in [-0.25, -0.2) is 5.01 Å². The molecule has 0 radical (unpaired) electrons. The van der Waals surface area contributed by atoms with Gasteiger partial charge in [-0.05, 0) is 105 Å². The van der Waals surface area contributed by atoms with Crippen LogP contribution in [-0.2, 0) is 4.79 Å². The molecule has 0 aliphatic heterocycles. The van der Waals surface area contributed by atoms with E-state index in [0.29, 0.717) is 23.3 Å². The fraction of sp³-hybridized carbons (Fsp3) is 0.636. The molecule has 1 aromatic carbocycles. The number of benzene rings is 1. The van der Waals surface area contributed by atoms with Gasteiger partial charge in [-0.2, -0.15) is 0 Å². The maximum absolute atomic E-state index is 13.5. The van der Waals surface area contributed by atoms with Gasteiger partial charge in [0, 0.05) is 4.47 Å². The number of rotatable bonds is 2. The van der Waals surface area contributed by atoms with Gasteiger partial charge >= 0.3 is 0 Å². The smallest absolute Gasteiger partial charge is 0.273 e. The number of carbonyl (C=O) groups excluding carboxylic acids is 2. The van der Waals surface area contributed by atoms with Crippen molar-refractivity contribution in [2.75, 3.05) is 0 Å². The summed E-state index contributed by atoms with van der Waals surface area (Å²) >= 11 is 3.47. The van der Waals surface area contributed by atoms with Gasteiger partial charge in [-0.15, -0.1) is 0 Å². The molecule has 4 saturated carbocycles. The minimum atomic E-state index is -0.510. The lowest BCUT2D eigenvalue weighted by Crippen LogP contribution is -2.61. The molecular formula is C22H29BrN2O2. The SMILES string of the molecule is CC(C)(C)N(NC(=O)C12CC3CC(CC(C3)C1)C2)C(=O)c1ccccc1Br. The first-order chi connectivity index (χ1) is 12.7. The molecule has 1 aromatic rings. The molecule has 4 aliphatic rings. The summed E-state index contributed by atoms with van der Waals surface area (Å²) in [5, 5.41) is 1.54. The van der Waals surface area contributed by atoms with Crippen LogP contribution in [0.15, 0.2) is 28.7 Å². The van der Waals surface area contributed by atoms with Crippen LogP contribution >= 0.6 is 15.9 Å². The Balaban J connectivity index is 1.59. The molecule has 5 rings (SSSR count). The third kappa shape index (κ3) is 3.43. The number of nitrogens with one attached hydrogen (secondary N) is 1. The van der Waals surface area contributed by atoms with Gasteiger partial charge in [0.25, 0.3) is 5.91 Å². The van der Waals surface area contributed by atoms with E-state index in [2.05, 4.69) is 21.4 Å². The molecule has 4 aliphatic carbocycles. The lowest BCUT2D eigenvalue weighted by atomic mass is 9.49. The Labute approximate surface area is 170 Å². The standard InChI is InChI=1S/C22H29BrN2O2/c1-21(2,3)25(19(26)17-6-4-5-7-18(17)23)24-20(27)22-11-14-8-15(12-22)10-16(9-14)13-22/h4-7,14-16H,8-13H2,1-3H3,(H,24,27). The summed E-state index contributed by atoms with van der Waals surface area (Å²) in [5.74, 6) is 1.97. The number of hydrazine groups is 1. The maximum Gasteiger partial charge on any atom is 0.273 e. The van der Waals surface area contributed by atoms with E-state index in [1.54, 1.807) is 6.07 Å². The van der Waals surface area contributed by atoms with E-state index < -0.39 is 5.54 Å². The third-order valence-corrected chi connectivity index (χ3v) is 7.40. The van der Waals surface area contributed by atoms with Crippen LogP contribution in [-0.4, -0.2) is 22.4 Å². The number of nitrogens with zero attached hydrogens (tertiary/aromatic N) is 1. The molecule has 27 heavy (non-hydrogen) atoms. The zero-order valence-corrected chi connectivity index (χ0v) is 18.0. The first kappa shape index (κ1) is 19.0. The summed E-state index contributed by atoms with van der Waals surface area (Å²) in [6.45, 7) is 5.88. The molecule has 0 unspecified atom stereocenters. The Kier molecular flexibility index (Phi) is 4.65. The van der Waals surface area contributed by atoms with E-state index in [0.717, 1.165) is 23.7 Å². The average molecular weight is 433 g/mol. The minimum Gasteiger partial charge on any atom is -0.273 e. The highest BCUT2D eigenvalue weighted by Gasteiger charge is 2.55. The van der Waals surface area contributed by atoms with E-state index in [1.165, 1.54) is 24.3 Å². The number of hydrogen-bond donors (Lipinski definition) is 1. The number of carbonyl (C=O) groups is 2. The largest absolute Gasteiger partial charge is 0.273 e. The van der Waals surface area contributed by atoms with Crippen LogP contribution in [0.25, 0.3) is 0 Å². The lowest BCUT2D eigenvalue weighted by Gasteiger charge is -2.56.